The Morgan fingerprint density at radius 3 is 2.78 bits per heavy atom. The van der Waals surface area contributed by atoms with E-state index in [4.69, 9.17) is 0 Å². The number of rotatable bonds is 2. The number of halogens is 3. The second-order valence-corrected chi connectivity index (χ2v) is 5.13. The first-order valence-electron chi connectivity index (χ1n) is 7.03. The van der Waals surface area contributed by atoms with Gasteiger partial charge in [-0.3, -0.25) is 9.78 Å². The molecule has 3 rings (SSSR count). The number of pyridine rings is 1. The summed E-state index contributed by atoms with van der Waals surface area (Å²) in [6.07, 6.45) is 3.38. The average Bonchev–Trinajstić information content (AvgIpc) is 2.57. The molecule has 1 aliphatic heterocycles. The minimum Gasteiger partial charge on any atom is -0.329 e. The molecule has 1 aliphatic rings. The molecule has 1 saturated heterocycles. The van der Waals surface area contributed by atoms with Crippen LogP contribution in [0.5, 0.6) is 0 Å². The smallest absolute Gasteiger partial charge is 0.254 e. The Morgan fingerprint density at radius 1 is 1.26 bits per heavy atom. The summed E-state index contributed by atoms with van der Waals surface area (Å²) in [5, 5.41) is 3.23. The summed E-state index contributed by atoms with van der Waals surface area (Å²) >= 11 is 0. The van der Waals surface area contributed by atoms with Crippen molar-refractivity contribution < 1.29 is 13.6 Å². The lowest BCUT2D eigenvalue weighted by Crippen LogP contribution is -2.48. The van der Waals surface area contributed by atoms with Crippen LogP contribution < -0.4 is 5.32 Å². The number of piperazine rings is 1. The van der Waals surface area contributed by atoms with Gasteiger partial charge in [0, 0.05) is 37.6 Å². The summed E-state index contributed by atoms with van der Waals surface area (Å²) in [6, 6.07) is 6.76. The van der Waals surface area contributed by atoms with Crippen LogP contribution in [-0.2, 0) is 0 Å². The SMILES string of the molecule is Cl.O=C(c1ccc(F)c(F)c1)N1CCNCC1c1cccnc1. The van der Waals surface area contributed by atoms with Crippen molar-refractivity contribution in [3.8, 4) is 0 Å². The van der Waals surface area contributed by atoms with Gasteiger partial charge in [0.05, 0.1) is 6.04 Å². The van der Waals surface area contributed by atoms with E-state index >= 15 is 0 Å². The fourth-order valence-electron chi connectivity index (χ4n) is 2.61. The van der Waals surface area contributed by atoms with Gasteiger partial charge in [-0.2, -0.15) is 0 Å². The molecule has 7 heteroatoms. The number of hydrogen-bond donors (Lipinski definition) is 1. The number of hydrogen-bond acceptors (Lipinski definition) is 3. The van der Waals surface area contributed by atoms with E-state index in [-0.39, 0.29) is 29.9 Å². The Hall–Kier alpha value is -2.05. The van der Waals surface area contributed by atoms with Crippen molar-refractivity contribution in [2.75, 3.05) is 19.6 Å². The monoisotopic (exact) mass is 339 g/mol. The van der Waals surface area contributed by atoms with E-state index in [0.717, 1.165) is 17.7 Å². The van der Waals surface area contributed by atoms with Crippen LogP contribution in [0.25, 0.3) is 0 Å². The lowest BCUT2D eigenvalue weighted by atomic mass is 10.0. The van der Waals surface area contributed by atoms with E-state index in [2.05, 4.69) is 10.3 Å². The highest BCUT2D eigenvalue weighted by Gasteiger charge is 2.29. The maximum Gasteiger partial charge on any atom is 0.254 e. The molecule has 1 N–H and O–H groups in total. The lowest BCUT2D eigenvalue weighted by molar-refractivity contribution is 0.0633. The molecule has 0 bridgehead atoms. The number of aromatic nitrogens is 1. The normalized spacial score (nSPS) is 17.5. The lowest BCUT2D eigenvalue weighted by Gasteiger charge is -2.36. The van der Waals surface area contributed by atoms with Crippen LogP contribution in [0.1, 0.15) is 22.0 Å². The van der Waals surface area contributed by atoms with E-state index in [1.807, 2.05) is 12.1 Å². The zero-order chi connectivity index (χ0) is 15.5. The molecule has 2 aromatic rings. The van der Waals surface area contributed by atoms with Crippen LogP contribution in [0.15, 0.2) is 42.7 Å². The second-order valence-electron chi connectivity index (χ2n) is 5.13. The molecule has 0 spiro atoms. The Morgan fingerprint density at radius 2 is 2.09 bits per heavy atom. The number of amides is 1. The molecule has 4 nitrogen and oxygen atoms in total. The third kappa shape index (κ3) is 3.65. The molecule has 0 radical (unpaired) electrons. The summed E-state index contributed by atoms with van der Waals surface area (Å²) < 4.78 is 26.4. The van der Waals surface area contributed by atoms with Gasteiger partial charge in [0.25, 0.3) is 5.91 Å². The first kappa shape index (κ1) is 17.3. The van der Waals surface area contributed by atoms with Crippen molar-refractivity contribution in [2.24, 2.45) is 0 Å². The van der Waals surface area contributed by atoms with Gasteiger partial charge in [-0.15, -0.1) is 12.4 Å². The molecular formula is C16H16ClF2N3O. The summed E-state index contributed by atoms with van der Waals surface area (Å²) in [4.78, 5) is 18.4. The van der Waals surface area contributed by atoms with Gasteiger partial charge in [0.15, 0.2) is 11.6 Å². The first-order chi connectivity index (χ1) is 10.7. The molecule has 23 heavy (non-hydrogen) atoms. The Labute approximate surface area is 138 Å². The third-order valence-electron chi connectivity index (χ3n) is 3.74. The van der Waals surface area contributed by atoms with Crippen LogP contribution in [-0.4, -0.2) is 35.4 Å². The largest absolute Gasteiger partial charge is 0.329 e. The highest BCUT2D eigenvalue weighted by atomic mass is 35.5. The maximum absolute atomic E-state index is 13.4. The molecular weight excluding hydrogens is 324 g/mol. The van der Waals surface area contributed by atoms with Crippen molar-refractivity contribution in [1.82, 2.24) is 15.2 Å². The average molecular weight is 340 g/mol. The quantitative estimate of drug-likeness (QED) is 0.914. The zero-order valence-corrected chi connectivity index (χ0v) is 13.0. The topological polar surface area (TPSA) is 45.2 Å². The predicted octanol–water partition coefficient (Wildman–Crippen LogP) is 2.57. The van der Waals surface area contributed by atoms with Crippen LogP contribution in [0.2, 0.25) is 0 Å². The van der Waals surface area contributed by atoms with Crippen molar-refractivity contribution in [2.45, 2.75) is 6.04 Å². The number of nitrogens with zero attached hydrogens (tertiary/aromatic N) is 2. The molecule has 1 aromatic carbocycles. The first-order valence-corrected chi connectivity index (χ1v) is 7.03. The van der Waals surface area contributed by atoms with Crippen molar-refractivity contribution >= 4 is 18.3 Å². The molecule has 2 heterocycles. The molecule has 1 unspecified atom stereocenters. The fourth-order valence-corrected chi connectivity index (χ4v) is 2.61. The Balaban J connectivity index is 0.00000192. The zero-order valence-electron chi connectivity index (χ0n) is 12.2. The van der Waals surface area contributed by atoms with Crippen LogP contribution in [0, 0.1) is 11.6 Å². The number of nitrogens with one attached hydrogen (secondary N) is 1. The highest BCUT2D eigenvalue weighted by molar-refractivity contribution is 5.94. The minimum absolute atomic E-state index is 0. The molecule has 122 valence electrons. The maximum atomic E-state index is 13.4. The third-order valence-corrected chi connectivity index (χ3v) is 3.74. The summed E-state index contributed by atoms with van der Waals surface area (Å²) in [5.74, 6) is -2.28. The second kappa shape index (κ2) is 7.48. The predicted molar refractivity (Wildman–Crippen MR) is 84.5 cm³/mol. The Bertz CT molecular complexity index is 684. The van der Waals surface area contributed by atoms with E-state index in [1.54, 1.807) is 17.3 Å². The highest BCUT2D eigenvalue weighted by Crippen LogP contribution is 2.24. The van der Waals surface area contributed by atoms with Crippen molar-refractivity contribution in [3.63, 3.8) is 0 Å². The molecule has 0 aliphatic carbocycles. The molecule has 1 aromatic heterocycles. The summed E-state index contributed by atoms with van der Waals surface area (Å²) in [7, 11) is 0. The summed E-state index contributed by atoms with van der Waals surface area (Å²) in [6.45, 7) is 1.75. The van der Waals surface area contributed by atoms with Crippen molar-refractivity contribution in [3.05, 3.63) is 65.5 Å². The van der Waals surface area contributed by atoms with Crippen LogP contribution in [0.3, 0.4) is 0 Å². The van der Waals surface area contributed by atoms with Gasteiger partial charge < -0.3 is 10.2 Å². The van der Waals surface area contributed by atoms with Crippen LogP contribution >= 0.6 is 12.4 Å². The molecule has 1 atom stereocenters. The van der Waals surface area contributed by atoms with Gasteiger partial charge in [0.1, 0.15) is 0 Å². The number of carbonyl (C=O) groups excluding carboxylic acids is 1. The number of carbonyl (C=O) groups is 1. The van der Waals surface area contributed by atoms with E-state index in [0.29, 0.717) is 19.6 Å². The van der Waals surface area contributed by atoms with Gasteiger partial charge in [-0.1, -0.05) is 6.07 Å². The number of benzene rings is 1. The van der Waals surface area contributed by atoms with E-state index in [9.17, 15) is 13.6 Å². The standard InChI is InChI=1S/C16H15F2N3O.ClH/c17-13-4-3-11(8-14(13)18)16(22)21-7-6-20-10-15(21)12-2-1-5-19-9-12;/h1-5,8-9,15,20H,6-7,10H2;1H. The summed E-state index contributed by atoms with van der Waals surface area (Å²) in [5.41, 5.74) is 1.06. The van der Waals surface area contributed by atoms with Gasteiger partial charge in [-0.25, -0.2) is 8.78 Å². The van der Waals surface area contributed by atoms with Gasteiger partial charge >= 0.3 is 0 Å². The minimum atomic E-state index is -1.01. The van der Waals surface area contributed by atoms with E-state index in [1.165, 1.54) is 6.07 Å². The van der Waals surface area contributed by atoms with Crippen LogP contribution in [0.4, 0.5) is 8.78 Å². The molecule has 0 saturated carbocycles. The Kier molecular flexibility index (Phi) is 5.63. The van der Waals surface area contributed by atoms with Gasteiger partial charge in [-0.05, 0) is 29.8 Å². The van der Waals surface area contributed by atoms with Gasteiger partial charge in [0.2, 0.25) is 0 Å². The molecule has 1 fully saturated rings. The fraction of sp³-hybridized carbons (Fsp3) is 0.250. The van der Waals surface area contributed by atoms with E-state index < -0.39 is 11.6 Å². The van der Waals surface area contributed by atoms with Crippen molar-refractivity contribution in [1.29, 1.82) is 0 Å². The molecule has 1 amide bonds.